The molecule has 118 valence electrons. The number of aliphatic hydroxyl groups is 1. The second-order valence-corrected chi connectivity index (χ2v) is 5.75. The predicted molar refractivity (Wildman–Crippen MR) is 74.0 cm³/mol. The molecule has 0 heterocycles. The van der Waals surface area contributed by atoms with Crippen LogP contribution in [0.2, 0.25) is 0 Å². The Balaban J connectivity index is 0. The molecule has 0 aromatic heterocycles. The second-order valence-electron chi connectivity index (χ2n) is 4.94. The molecule has 0 rings (SSSR count). The van der Waals surface area contributed by atoms with E-state index in [1.807, 2.05) is 0 Å². The third-order valence-electron chi connectivity index (χ3n) is 2.91. The third kappa shape index (κ3) is 31.9. The first-order valence-electron chi connectivity index (χ1n) is 7.08. The Morgan fingerprint density at radius 3 is 1.84 bits per heavy atom. The quantitative estimate of drug-likeness (QED) is 0.379. The Bertz CT molecular complexity index is 256. The van der Waals surface area contributed by atoms with Crippen molar-refractivity contribution in [3.05, 3.63) is 0 Å². The fraction of sp³-hybridized carbons (Fsp3) is 1.00. The lowest BCUT2D eigenvalue weighted by Gasteiger charge is -2.09. The maximum atomic E-state index is 8.68. The highest BCUT2D eigenvalue weighted by Gasteiger charge is 2.00. The smallest absolute Gasteiger partial charge is 0.0431 e. The zero-order valence-electron chi connectivity index (χ0n) is 12.1. The molecular formula is C13H28O5S-2. The molecule has 19 heavy (non-hydrogen) atoms. The Morgan fingerprint density at radius 2 is 1.37 bits per heavy atom. The van der Waals surface area contributed by atoms with Gasteiger partial charge in [0, 0.05) is 17.0 Å². The molecule has 0 aliphatic rings. The normalized spacial score (nSPS) is 12.7. The van der Waals surface area contributed by atoms with Crippen molar-refractivity contribution in [2.24, 2.45) is 5.92 Å². The van der Waals surface area contributed by atoms with Crippen molar-refractivity contribution in [3.8, 4) is 0 Å². The second kappa shape index (κ2) is 14.2. The minimum absolute atomic E-state index is 0.362. The number of hydrogen-bond donors (Lipinski definition) is 1. The first-order valence-corrected chi connectivity index (χ1v) is 8.42. The average Bonchev–Trinajstić information content (AvgIpc) is 2.29. The SMILES string of the molecule is CCCCCCCCC(C)CCCO.O=S(=O)([O-])[O-]. The molecule has 0 aromatic rings. The van der Waals surface area contributed by atoms with Crippen LogP contribution in [-0.2, 0) is 10.4 Å². The summed E-state index contributed by atoms with van der Waals surface area (Å²) in [5.41, 5.74) is 0. The highest BCUT2D eigenvalue weighted by atomic mass is 32.3. The molecule has 0 aliphatic heterocycles. The van der Waals surface area contributed by atoms with Gasteiger partial charge in [-0.15, -0.1) is 0 Å². The van der Waals surface area contributed by atoms with Gasteiger partial charge in [-0.2, -0.15) is 0 Å². The van der Waals surface area contributed by atoms with Gasteiger partial charge in [-0.25, -0.2) is 0 Å². The Labute approximate surface area is 118 Å². The predicted octanol–water partition coefficient (Wildman–Crippen LogP) is 2.81. The number of rotatable bonds is 10. The molecular weight excluding hydrogens is 268 g/mol. The van der Waals surface area contributed by atoms with Crippen LogP contribution >= 0.6 is 0 Å². The van der Waals surface area contributed by atoms with Crippen molar-refractivity contribution < 1.29 is 22.6 Å². The summed E-state index contributed by atoms with van der Waals surface area (Å²) in [6, 6.07) is 0. The first-order chi connectivity index (χ1) is 8.81. The lowest BCUT2D eigenvalue weighted by molar-refractivity contribution is 0.270. The van der Waals surface area contributed by atoms with E-state index in [1.54, 1.807) is 0 Å². The van der Waals surface area contributed by atoms with Crippen molar-refractivity contribution in [2.45, 2.75) is 71.6 Å². The molecule has 0 fully saturated rings. The van der Waals surface area contributed by atoms with Crippen LogP contribution < -0.4 is 0 Å². The summed E-state index contributed by atoms with van der Waals surface area (Å²) in [7, 11) is -5.17. The van der Waals surface area contributed by atoms with E-state index in [0.717, 1.165) is 12.3 Å². The molecule has 0 saturated carbocycles. The molecule has 5 nitrogen and oxygen atoms in total. The van der Waals surface area contributed by atoms with Crippen LogP contribution in [0.5, 0.6) is 0 Å². The zero-order valence-corrected chi connectivity index (χ0v) is 13.0. The lowest BCUT2D eigenvalue weighted by atomic mass is 9.98. The van der Waals surface area contributed by atoms with E-state index < -0.39 is 10.4 Å². The van der Waals surface area contributed by atoms with Gasteiger partial charge in [0.05, 0.1) is 0 Å². The van der Waals surface area contributed by atoms with E-state index in [9.17, 15) is 0 Å². The molecule has 0 aromatic carbocycles. The van der Waals surface area contributed by atoms with Crippen LogP contribution in [0.1, 0.15) is 71.6 Å². The van der Waals surface area contributed by atoms with Gasteiger partial charge < -0.3 is 14.2 Å². The maximum absolute atomic E-state index is 8.68. The van der Waals surface area contributed by atoms with Gasteiger partial charge in [0.1, 0.15) is 0 Å². The van der Waals surface area contributed by atoms with E-state index in [2.05, 4.69) is 13.8 Å². The van der Waals surface area contributed by atoms with Crippen molar-refractivity contribution in [1.82, 2.24) is 0 Å². The Morgan fingerprint density at radius 1 is 0.947 bits per heavy atom. The number of aliphatic hydroxyl groups excluding tert-OH is 1. The van der Waals surface area contributed by atoms with Crippen molar-refractivity contribution in [2.75, 3.05) is 6.61 Å². The van der Waals surface area contributed by atoms with Crippen LogP contribution in [0.25, 0.3) is 0 Å². The van der Waals surface area contributed by atoms with Crippen LogP contribution in [0.15, 0.2) is 0 Å². The van der Waals surface area contributed by atoms with Crippen molar-refractivity contribution in [1.29, 1.82) is 0 Å². The molecule has 0 amide bonds. The molecule has 6 heteroatoms. The molecule has 1 N–H and O–H groups in total. The summed E-state index contributed by atoms with van der Waals surface area (Å²) in [6.45, 7) is 4.93. The fourth-order valence-electron chi connectivity index (χ4n) is 1.86. The fourth-order valence-corrected chi connectivity index (χ4v) is 1.86. The number of unbranched alkanes of at least 4 members (excludes halogenated alkanes) is 5. The minimum atomic E-state index is -5.17. The Kier molecular flexibility index (Phi) is 15.8. The van der Waals surface area contributed by atoms with Crippen LogP contribution in [0, 0.1) is 5.92 Å². The van der Waals surface area contributed by atoms with Gasteiger partial charge >= 0.3 is 0 Å². The molecule has 1 atom stereocenters. The highest BCUT2D eigenvalue weighted by molar-refractivity contribution is 7.79. The maximum Gasteiger partial charge on any atom is 0.0431 e. The standard InChI is InChI=1S/C13H28O.H2O4S/c1-3-4-5-6-7-8-10-13(2)11-9-12-14;1-5(2,3)4/h13-14H,3-12H2,1-2H3;(H2,1,2,3,4)/p-2. The summed E-state index contributed by atoms with van der Waals surface area (Å²) in [4.78, 5) is 0. The first kappa shape index (κ1) is 21.1. The van der Waals surface area contributed by atoms with Crippen molar-refractivity contribution >= 4 is 10.4 Å². The molecule has 0 spiro atoms. The minimum Gasteiger partial charge on any atom is -0.759 e. The monoisotopic (exact) mass is 296 g/mol. The third-order valence-corrected chi connectivity index (χ3v) is 2.91. The Hall–Kier alpha value is -0.170. The van der Waals surface area contributed by atoms with E-state index in [-0.39, 0.29) is 0 Å². The van der Waals surface area contributed by atoms with E-state index >= 15 is 0 Å². The van der Waals surface area contributed by atoms with Gasteiger partial charge in [-0.05, 0) is 18.8 Å². The number of hydrogen-bond acceptors (Lipinski definition) is 5. The average molecular weight is 296 g/mol. The van der Waals surface area contributed by atoms with Crippen LogP contribution in [-0.4, -0.2) is 29.2 Å². The summed E-state index contributed by atoms with van der Waals surface area (Å²) in [6.07, 6.45) is 11.9. The van der Waals surface area contributed by atoms with Gasteiger partial charge in [-0.1, -0.05) is 58.8 Å². The summed E-state index contributed by atoms with van der Waals surface area (Å²) in [5.74, 6) is 0.813. The zero-order chi connectivity index (χ0) is 15.1. The largest absolute Gasteiger partial charge is 0.759 e. The molecule has 0 radical (unpaired) electrons. The van der Waals surface area contributed by atoms with Crippen LogP contribution in [0.3, 0.4) is 0 Å². The topological polar surface area (TPSA) is 100 Å². The molecule has 1 unspecified atom stereocenters. The van der Waals surface area contributed by atoms with E-state index in [1.165, 1.54) is 51.4 Å². The van der Waals surface area contributed by atoms with Gasteiger partial charge in [0.25, 0.3) is 0 Å². The van der Waals surface area contributed by atoms with Gasteiger partial charge in [0.2, 0.25) is 0 Å². The van der Waals surface area contributed by atoms with Crippen LogP contribution in [0.4, 0.5) is 0 Å². The van der Waals surface area contributed by atoms with Gasteiger partial charge in [-0.3, -0.25) is 8.42 Å². The summed E-state index contributed by atoms with van der Waals surface area (Å²) >= 11 is 0. The van der Waals surface area contributed by atoms with E-state index in [0.29, 0.717) is 6.61 Å². The van der Waals surface area contributed by atoms with Crippen molar-refractivity contribution in [3.63, 3.8) is 0 Å². The highest BCUT2D eigenvalue weighted by Crippen LogP contribution is 2.15. The summed E-state index contributed by atoms with van der Waals surface area (Å²) in [5, 5.41) is 8.68. The van der Waals surface area contributed by atoms with E-state index in [4.69, 9.17) is 22.6 Å². The van der Waals surface area contributed by atoms with Gasteiger partial charge in [0.15, 0.2) is 0 Å². The molecule has 0 aliphatic carbocycles. The molecule has 0 bridgehead atoms. The molecule has 0 saturated heterocycles. The summed E-state index contributed by atoms with van der Waals surface area (Å²) < 4.78 is 34.1. The lowest BCUT2D eigenvalue weighted by Crippen LogP contribution is -1.96.